The van der Waals surface area contributed by atoms with E-state index in [4.69, 9.17) is 15.1 Å². The molecule has 0 N–H and O–H groups in total. The lowest BCUT2D eigenvalue weighted by Gasteiger charge is -2.22. The van der Waals surface area contributed by atoms with E-state index in [1.54, 1.807) is 7.11 Å². The molecule has 3 aromatic carbocycles. The summed E-state index contributed by atoms with van der Waals surface area (Å²) in [6.45, 7) is -0.0597. The Balaban J connectivity index is 1.48. The lowest BCUT2D eigenvalue weighted by Crippen LogP contribution is -2.30. The number of ether oxygens (including phenoxy) is 1. The highest BCUT2D eigenvalue weighted by Crippen LogP contribution is 2.34. The third-order valence-corrected chi connectivity index (χ3v) is 5.68. The van der Waals surface area contributed by atoms with Crippen LogP contribution in [0.2, 0.25) is 0 Å². The fourth-order valence-corrected chi connectivity index (χ4v) is 4.00. The Morgan fingerprint density at radius 3 is 2.64 bits per heavy atom. The van der Waals surface area contributed by atoms with E-state index in [0.29, 0.717) is 6.42 Å². The monoisotopic (exact) mass is 436 g/mol. The predicted octanol–water partition coefficient (Wildman–Crippen LogP) is 3.69. The lowest BCUT2D eigenvalue weighted by atomic mass is 9.97. The molecule has 0 saturated carbocycles. The average molecular weight is 436 g/mol. The molecule has 0 bridgehead atoms. The summed E-state index contributed by atoms with van der Waals surface area (Å²) in [7, 11) is 1.62. The van der Waals surface area contributed by atoms with Crippen molar-refractivity contribution in [2.45, 2.75) is 19.0 Å². The second-order valence-corrected chi connectivity index (χ2v) is 7.72. The molecule has 1 atom stereocenters. The van der Waals surface area contributed by atoms with Crippen molar-refractivity contribution in [2.75, 3.05) is 7.11 Å². The number of nitrogens with zero attached hydrogens (tertiary/aromatic N) is 6. The number of fused-ring (bicyclic) bond motifs is 1. The van der Waals surface area contributed by atoms with E-state index in [1.165, 1.54) is 16.0 Å². The molecule has 0 radical (unpaired) electrons. The molecule has 1 aliphatic rings. The van der Waals surface area contributed by atoms with E-state index in [9.17, 15) is 4.79 Å². The van der Waals surface area contributed by atoms with Gasteiger partial charge in [0.2, 0.25) is 0 Å². The van der Waals surface area contributed by atoms with Crippen molar-refractivity contribution < 1.29 is 9.53 Å². The SMILES string of the molecule is COc1ccc(C2CC(c3ccc4ccccc4c3)=NN2C(=O)Cn2cnc(C#N)n2)cc1. The van der Waals surface area contributed by atoms with Gasteiger partial charge in [0.1, 0.15) is 24.7 Å². The highest BCUT2D eigenvalue weighted by Gasteiger charge is 2.33. The Bertz CT molecular complexity index is 1400. The molecule has 0 saturated heterocycles. The minimum Gasteiger partial charge on any atom is -0.497 e. The molecule has 2 heterocycles. The molecular formula is C25H20N6O2. The molecule has 8 heteroatoms. The van der Waals surface area contributed by atoms with Crippen LogP contribution in [0.25, 0.3) is 10.8 Å². The van der Waals surface area contributed by atoms with Gasteiger partial charge in [-0.2, -0.15) is 10.4 Å². The summed E-state index contributed by atoms with van der Waals surface area (Å²) >= 11 is 0. The molecule has 1 aliphatic heterocycles. The summed E-state index contributed by atoms with van der Waals surface area (Å²) in [6, 6.07) is 23.6. The molecule has 0 aliphatic carbocycles. The zero-order valence-electron chi connectivity index (χ0n) is 17.9. The van der Waals surface area contributed by atoms with Crippen LogP contribution >= 0.6 is 0 Å². The summed E-state index contributed by atoms with van der Waals surface area (Å²) < 4.78 is 6.63. The minimum absolute atomic E-state index is 0.0243. The molecule has 5 rings (SSSR count). The number of carbonyl (C=O) groups excluding carboxylic acids is 1. The van der Waals surface area contributed by atoms with Gasteiger partial charge in [-0.25, -0.2) is 14.7 Å². The van der Waals surface area contributed by atoms with Crippen LogP contribution in [0.3, 0.4) is 0 Å². The Kier molecular flexibility index (Phi) is 5.29. The minimum atomic E-state index is -0.260. The third kappa shape index (κ3) is 4.04. The first kappa shape index (κ1) is 20.4. The van der Waals surface area contributed by atoms with Gasteiger partial charge in [0.15, 0.2) is 0 Å². The number of nitriles is 1. The van der Waals surface area contributed by atoms with Crippen LogP contribution in [0.15, 0.2) is 78.2 Å². The predicted molar refractivity (Wildman–Crippen MR) is 122 cm³/mol. The first-order valence-corrected chi connectivity index (χ1v) is 10.5. The molecule has 0 fully saturated rings. The summed E-state index contributed by atoms with van der Waals surface area (Å²) in [6.07, 6.45) is 1.96. The van der Waals surface area contributed by atoms with Gasteiger partial charge in [0.25, 0.3) is 11.7 Å². The van der Waals surface area contributed by atoms with Crippen LogP contribution in [0.4, 0.5) is 0 Å². The zero-order valence-corrected chi connectivity index (χ0v) is 17.9. The number of hydrogen-bond donors (Lipinski definition) is 0. The van der Waals surface area contributed by atoms with E-state index < -0.39 is 0 Å². The van der Waals surface area contributed by atoms with Crippen LogP contribution < -0.4 is 4.74 Å². The van der Waals surface area contributed by atoms with Crippen molar-refractivity contribution in [3.05, 3.63) is 90.0 Å². The number of carbonyl (C=O) groups is 1. The summed E-state index contributed by atoms with van der Waals surface area (Å²) in [5, 5.41) is 21.5. The van der Waals surface area contributed by atoms with Gasteiger partial charge in [-0.15, -0.1) is 5.10 Å². The van der Waals surface area contributed by atoms with Gasteiger partial charge < -0.3 is 4.74 Å². The summed E-state index contributed by atoms with van der Waals surface area (Å²) in [5.41, 5.74) is 2.78. The van der Waals surface area contributed by atoms with Crippen LogP contribution in [0, 0.1) is 11.3 Å². The molecule has 1 amide bonds. The molecule has 1 aromatic heterocycles. The van der Waals surface area contributed by atoms with Crippen molar-refractivity contribution in [3.63, 3.8) is 0 Å². The smallest absolute Gasteiger partial charge is 0.265 e. The molecule has 1 unspecified atom stereocenters. The fraction of sp³-hybridized carbons (Fsp3) is 0.160. The van der Waals surface area contributed by atoms with Crippen molar-refractivity contribution in [2.24, 2.45) is 5.10 Å². The molecule has 4 aromatic rings. The number of hydrazone groups is 1. The first-order valence-electron chi connectivity index (χ1n) is 10.5. The molecular weight excluding hydrogens is 416 g/mol. The zero-order chi connectivity index (χ0) is 22.8. The lowest BCUT2D eigenvalue weighted by molar-refractivity contribution is -0.133. The Morgan fingerprint density at radius 2 is 1.91 bits per heavy atom. The van der Waals surface area contributed by atoms with E-state index >= 15 is 0 Å². The highest BCUT2D eigenvalue weighted by molar-refractivity contribution is 6.05. The Hall–Kier alpha value is -4.51. The summed E-state index contributed by atoms with van der Waals surface area (Å²) in [4.78, 5) is 17.1. The topological polar surface area (TPSA) is 96.4 Å². The van der Waals surface area contributed by atoms with Gasteiger partial charge in [-0.3, -0.25) is 4.79 Å². The maximum atomic E-state index is 13.2. The molecule has 8 nitrogen and oxygen atoms in total. The van der Waals surface area contributed by atoms with Crippen LogP contribution in [-0.2, 0) is 11.3 Å². The normalized spacial score (nSPS) is 15.3. The number of methoxy groups -OCH3 is 1. The van der Waals surface area contributed by atoms with Gasteiger partial charge in [-0.05, 0) is 40.1 Å². The van der Waals surface area contributed by atoms with Crippen molar-refractivity contribution in [1.29, 1.82) is 5.26 Å². The number of amides is 1. The highest BCUT2D eigenvalue weighted by atomic mass is 16.5. The van der Waals surface area contributed by atoms with Gasteiger partial charge in [0.05, 0.1) is 18.9 Å². The van der Waals surface area contributed by atoms with Crippen LogP contribution in [0.5, 0.6) is 5.75 Å². The first-order chi connectivity index (χ1) is 16.1. The van der Waals surface area contributed by atoms with E-state index in [0.717, 1.165) is 33.4 Å². The second-order valence-electron chi connectivity index (χ2n) is 7.72. The van der Waals surface area contributed by atoms with Crippen molar-refractivity contribution in [3.8, 4) is 11.8 Å². The number of aromatic nitrogens is 3. The number of hydrogen-bond acceptors (Lipinski definition) is 6. The van der Waals surface area contributed by atoms with E-state index in [-0.39, 0.29) is 24.3 Å². The number of rotatable bonds is 5. The van der Waals surface area contributed by atoms with Crippen molar-refractivity contribution >= 4 is 22.4 Å². The van der Waals surface area contributed by atoms with E-state index in [1.807, 2.05) is 48.5 Å². The van der Waals surface area contributed by atoms with Crippen LogP contribution in [-0.4, -0.2) is 38.5 Å². The Morgan fingerprint density at radius 1 is 1.12 bits per heavy atom. The maximum Gasteiger partial charge on any atom is 0.265 e. The largest absolute Gasteiger partial charge is 0.497 e. The quantitative estimate of drug-likeness (QED) is 0.475. The maximum absolute atomic E-state index is 13.2. The number of benzene rings is 3. The van der Waals surface area contributed by atoms with Gasteiger partial charge in [-0.1, -0.05) is 48.5 Å². The average Bonchev–Trinajstić information content (AvgIpc) is 3.51. The Labute approximate surface area is 190 Å². The second kappa shape index (κ2) is 8.55. The van der Waals surface area contributed by atoms with Gasteiger partial charge in [0, 0.05) is 6.42 Å². The van der Waals surface area contributed by atoms with Gasteiger partial charge >= 0.3 is 0 Å². The standard InChI is InChI=1S/C25H20N6O2/c1-33-21-10-8-18(9-11-21)23-13-22(20-7-6-17-4-2-3-5-19(17)12-20)28-31(23)25(32)15-30-16-27-24(14-26)29-30/h2-12,16,23H,13,15H2,1H3. The van der Waals surface area contributed by atoms with E-state index in [2.05, 4.69) is 34.3 Å². The molecule has 33 heavy (non-hydrogen) atoms. The molecule has 0 spiro atoms. The fourth-order valence-electron chi connectivity index (χ4n) is 4.00. The third-order valence-electron chi connectivity index (χ3n) is 5.68. The van der Waals surface area contributed by atoms with Crippen LogP contribution in [0.1, 0.15) is 29.4 Å². The summed E-state index contributed by atoms with van der Waals surface area (Å²) in [5.74, 6) is 0.536. The van der Waals surface area contributed by atoms with Crippen molar-refractivity contribution in [1.82, 2.24) is 19.8 Å². The molecule has 162 valence electrons.